The van der Waals surface area contributed by atoms with E-state index in [-0.39, 0.29) is 101 Å². The van der Waals surface area contributed by atoms with Crippen LogP contribution in [0.15, 0.2) is 97.1 Å². The predicted molar refractivity (Wildman–Crippen MR) is 423 cm³/mol. The van der Waals surface area contributed by atoms with Crippen LogP contribution in [0.2, 0.25) is 0 Å². The van der Waals surface area contributed by atoms with Crippen LogP contribution in [-0.2, 0) is 42.9 Å². The molecule has 18 rings (SSSR count). The van der Waals surface area contributed by atoms with Gasteiger partial charge in [0.05, 0.1) is 37.1 Å². The number of carbonyl (C=O) groups is 5. The van der Waals surface area contributed by atoms with Crippen LogP contribution in [0.4, 0.5) is 0 Å². The highest BCUT2D eigenvalue weighted by Crippen LogP contribution is 2.68. The summed E-state index contributed by atoms with van der Waals surface area (Å²) in [5.41, 5.74) is 16.3. The normalized spacial score (nSPS) is 37.4. The van der Waals surface area contributed by atoms with Gasteiger partial charge >= 0.3 is 17.9 Å². The maximum absolute atomic E-state index is 12.9. The van der Waals surface area contributed by atoms with E-state index in [2.05, 4.69) is 109 Å². The summed E-state index contributed by atoms with van der Waals surface area (Å²) in [6.07, 6.45) is 21.9. The van der Waals surface area contributed by atoms with Crippen molar-refractivity contribution in [2.24, 2.45) is 69.0 Å². The van der Waals surface area contributed by atoms with E-state index in [0.29, 0.717) is 106 Å². The third-order valence-corrected chi connectivity index (χ3v) is 31.9. The first-order valence-corrected chi connectivity index (χ1v) is 42.2. The number of hydroxylamine groups is 2. The van der Waals surface area contributed by atoms with Crippen LogP contribution in [0, 0.1) is 89.8 Å². The molecule has 1 heterocycles. The Bertz CT molecular complexity index is 4240. The van der Waals surface area contributed by atoms with Crippen molar-refractivity contribution in [3.8, 4) is 5.75 Å². The largest absolute Gasteiger partial charge is 0.508 e. The van der Waals surface area contributed by atoms with Crippen molar-refractivity contribution in [3.63, 3.8) is 0 Å². The summed E-state index contributed by atoms with van der Waals surface area (Å²) in [6.45, 7) is 22.4. The van der Waals surface area contributed by atoms with Crippen molar-refractivity contribution < 1.29 is 67.8 Å². The van der Waals surface area contributed by atoms with Gasteiger partial charge in [0.15, 0.2) is 0 Å². The molecule has 0 saturated heterocycles. The number of methoxy groups -OCH3 is 2. The summed E-state index contributed by atoms with van der Waals surface area (Å²) in [7, 11) is 3.58. The molecule has 4 unspecified atom stereocenters. The molecule has 24 atom stereocenters. The molecule has 110 heavy (non-hydrogen) atoms. The number of aliphatic hydroxyl groups is 2. The highest BCUT2D eigenvalue weighted by atomic mass is 16.7. The van der Waals surface area contributed by atoms with Crippen LogP contribution < -0.4 is 0 Å². The first-order valence-electron chi connectivity index (χ1n) is 42.2. The van der Waals surface area contributed by atoms with E-state index in [1.54, 1.807) is 43.9 Å². The maximum atomic E-state index is 12.9. The Labute approximate surface area is 653 Å². The number of esters is 3. The predicted octanol–water partition coefficient (Wildman–Crippen LogP) is 18.6. The lowest BCUT2D eigenvalue weighted by atomic mass is 9.54. The number of aromatic hydroxyl groups is 1. The molecule has 15 nitrogen and oxygen atoms in total. The van der Waals surface area contributed by atoms with E-state index < -0.39 is 0 Å². The van der Waals surface area contributed by atoms with Crippen LogP contribution >= 0.6 is 0 Å². The maximum Gasteiger partial charge on any atom is 0.302 e. The fourth-order valence-corrected chi connectivity index (χ4v) is 26.7. The molecule has 592 valence electrons. The van der Waals surface area contributed by atoms with Gasteiger partial charge in [-0.3, -0.25) is 28.8 Å². The topological polar surface area (TPSA) is 205 Å². The summed E-state index contributed by atoms with van der Waals surface area (Å²) in [5, 5.41) is 31.4. The number of imide groups is 1. The number of nitrogens with zero attached hydrogens (tertiary/aromatic N) is 1. The number of aliphatic hydroxyl groups excluding tert-OH is 2. The third kappa shape index (κ3) is 14.0. The number of aryl methyl sites for hydroxylation is 3. The first-order chi connectivity index (χ1) is 52.7. The molecule has 0 bridgehead atoms. The van der Waals surface area contributed by atoms with Gasteiger partial charge in [-0.15, -0.1) is 5.06 Å². The fraction of sp³-hybridized carbons (Fsp3) is 0.632. The smallest absolute Gasteiger partial charge is 0.302 e. The Morgan fingerprint density at radius 2 is 0.745 bits per heavy atom. The van der Waals surface area contributed by atoms with E-state index in [0.717, 1.165) is 108 Å². The van der Waals surface area contributed by atoms with Gasteiger partial charge in [0.2, 0.25) is 0 Å². The summed E-state index contributed by atoms with van der Waals surface area (Å²) >= 11 is 0. The number of carbonyl (C=O) groups excluding carboxylic acids is 5. The number of ether oxygens (including phenoxy) is 5. The average molecular weight is 1500 g/mol. The van der Waals surface area contributed by atoms with Gasteiger partial charge in [0, 0.05) is 81.5 Å². The van der Waals surface area contributed by atoms with Crippen molar-refractivity contribution >= 4 is 29.7 Å². The van der Waals surface area contributed by atoms with Crippen molar-refractivity contribution in [1.29, 1.82) is 0 Å². The molecular formula is C95H123NO14. The number of hydrogen-bond acceptors (Lipinski definition) is 14. The number of rotatable bonds is 11. The second-order valence-corrected chi connectivity index (χ2v) is 37.6. The molecule has 0 spiro atoms. The zero-order chi connectivity index (χ0) is 77.6. The molecule has 15 heteroatoms. The Morgan fingerprint density at radius 1 is 0.418 bits per heavy atom. The molecule has 2 amide bonds. The van der Waals surface area contributed by atoms with Gasteiger partial charge in [0.1, 0.15) is 24.1 Å². The number of amides is 2. The van der Waals surface area contributed by atoms with Crippen molar-refractivity contribution in [2.45, 2.75) is 269 Å². The molecule has 1 aliphatic heterocycles. The molecule has 3 N–H and O–H groups in total. The lowest BCUT2D eigenvalue weighted by Crippen LogP contribution is -2.46. The molecular weight excluding hydrogens is 1380 g/mol. The number of fused-ring (bicyclic) bond motifs is 21. The van der Waals surface area contributed by atoms with Gasteiger partial charge in [-0.2, -0.15) is 0 Å². The average Bonchev–Trinajstić information content (AvgIpc) is 1.46. The molecule has 5 aromatic rings. The van der Waals surface area contributed by atoms with E-state index in [9.17, 15) is 39.3 Å². The van der Waals surface area contributed by atoms with Crippen molar-refractivity contribution in [1.82, 2.24) is 5.06 Å². The van der Waals surface area contributed by atoms with Gasteiger partial charge in [0.25, 0.3) is 11.8 Å². The number of phenolic OH excluding ortho intramolecular Hbond substituents is 1. The van der Waals surface area contributed by atoms with Gasteiger partial charge in [-0.25, -0.2) is 0 Å². The second kappa shape index (κ2) is 31.2. The van der Waals surface area contributed by atoms with Crippen LogP contribution in [0.1, 0.15) is 306 Å². The monoisotopic (exact) mass is 1500 g/mol. The van der Waals surface area contributed by atoms with Crippen LogP contribution in [-0.4, -0.2) is 115 Å². The standard InChI is InChI=1S/C30H33NO5.C23H32O3.C22H30O3.C20H28O3/c1-17-8-9-20-21-12-13-30(3)26(10-11-27(30)36-18(2)32)25(21)15-19(24(20)14-17)16-35-31-28(33)22-6-4-5-7-23(22)29(31)34;1-14-5-6-17-18-9-10-23(3)21(7-8-22(23)26-15(2)24)20(18)12-16(13-25-4)19(17)11-14;1-13-4-5-16-17-8-9-22(3)20(6-7-21(22)25-14(2)24)19(17)11-15(12-23)18(16)10-13;1-20-8-7-15-14-4-3-13(21)10-16(14)12(11-23-2)9-17(15)18(20)5-6-19(20)22/h4-9,14,19,21,25-27H,10-13,15-16H2,1-3H3;5-6,11,16,18,20-22H,7-10,12-13H2,1-4H3;4-5,10,15,17,19-21,23H,6-9,11-12H2,1-3H3;3-4,10,12,15,17-19,21-22H,5-9,11H2,1-2H3/t19-,21+,25+,26-,27?,30-;16-,18+,20+,21-,22?,23-;15-,17+,19+,20-,21?,22-;12-,15+,17+,18-,19?,20-/m0000/s1. The summed E-state index contributed by atoms with van der Waals surface area (Å²) in [4.78, 5) is 66.7. The highest BCUT2D eigenvalue weighted by Gasteiger charge is 2.61. The molecule has 5 aromatic carbocycles. The van der Waals surface area contributed by atoms with E-state index in [4.69, 9.17) is 28.5 Å². The fourth-order valence-electron chi connectivity index (χ4n) is 26.7. The van der Waals surface area contributed by atoms with Crippen LogP contribution in [0.3, 0.4) is 0 Å². The summed E-state index contributed by atoms with van der Waals surface area (Å²) in [6, 6.07) is 33.4. The van der Waals surface area contributed by atoms with E-state index in [1.807, 2.05) is 19.2 Å². The summed E-state index contributed by atoms with van der Waals surface area (Å²) < 4.78 is 28.4. The van der Waals surface area contributed by atoms with Crippen molar-refractivity contribution in [2.75, 3.05) is 40.6 Å². The first kappa shape index (κ1) is 78.5. The minimum atomic E-state index is -0.390. The molecule has 12 aliphatic carbocycles. The zero-order valence-corrected chi connectivity index (χ0v) is 67.5. The Morgan fingerprint density at radius 3 is 1.12 bits per heavy atom. The van der Waals surface area contributed by atoms with Crippen molar-refractivity contribution in [3.05, 3.63) is 169 Å². The highest BCUT2D eigenvalue weighted by molar-refractivity contribution is 6.20. The molecule has 8 saturated carbocycles. The van der Waals surface area contributed by atoms with E-state index in [1.165, 1.54) is 102 Å². The third-order valence-electron chi connectivity index (χ3n) is 31.9. The van der Waals surface area contributed by atoms with Crippen LogP contribution in [0.25, 0.3) is 0 Å². The van der Waals surface area contributed by atoms with Gasteiger partial charge in [-0.1, -0.05) is 117 Å². The Kier molecular flexibility index (Phi) is 22.3. The number of hydrogen-bond donors (Lipinski definition) is 3. The molecule has 8 fully saturated rings. The van der Waals surface area contributed by atoms with Gasteiger partial charge in [-0.05, 0) is 294 Å². The summed E-state index contributed by atoms with van der Waals surface area (Å²) in [5.74, 6) is 7.36. The molecule has 0 aromatic heterocycles. The lowest BCUT2D eigenvalue weighted by Gasteiger charge is -2.51. The van der Waals surface area contributed by atoms with Crippen LogP contribution in [0.5, 0.6) is 5.75 Å². The second-order valence-electron chi connectivity index (χ2n) is 37.6. The van der Waals surface area contributed by atoms with E-state index >= 15 is 0 Å². The minimum absolute atomic E-state index is 0.0109. The quantitative estimate of drug-likeness (QED) is 0.0640. The van der Waals surface area contributed by atoms with Gasteiger partial charge < -0.3 is 39.0 Å². The SMILES string of the molecule is CC(=O)OC1CC[C@H]2[C@@H]3C[C@@H](CO)c4cc(C)ccc4[C@H]3CC[C@]12C.CC(=O)OC1CC[C@H]2[C@@H]3C[C@@H](CON4C(=O)c5ccccc5C4=O)c4cc(C)ccc4[C@H]3CC[C@]12C.COC[C@@H]1C[C@@H]2[C@H](CC[C@]3(C)C(O)CC[C@@H]23)c2ccc(O)cc21.COC[C@@H]1C[C@@H]2[C@H](CC[C@]3(C)C(OC(C)=O)CC[C@@H]23)c2ccc(C)cc21. The lowest BCUT2D eigenvalue weighted by molar-refractivity contribution is -0.155. The minimum Gasteiger partial charge on any atom is -0.508 e. The Hall–Kier alpha value is -6.75. The number of benzene rings is 5. The molecule has 0 radical (unpaired) electrons. The zero-order valence-electron chi connectivity index (χ0n) is 67.5. The molecule has 13 aliphatic rings. The Balaban J connectivity index is 0.000000118. The number of phenols is 1.